The largest absolute Gasteiger partial charge is 0.388 e. The molecule has 1 aromatic heterocycles. The molecule has 1 aromatic rings. The quantitative estimate of drug-likeness (QED) is 0.773. The maximum atomic E-state index is 10.0. The van der Waals surface area contributed by atoms with Gasteiger partial charge in [0, 0.05) is 38.6 Å². The van der Waals surface area contributed by atoms with Crippen LogP contribution in [0.3, 0.4) is 0 Å². The van der Waals surface area contributed by atoms with Crippen molar-refractivity contribution in [2.45, 2.75) is 18.9 Å². The van der Waals surface area contributed by atoms with Crippen molar-refractivity contribution in [1.82, 2.24) is 4.98 Å². The molecule has 0 saturated carbocycles. The van der Waals surface area contributed by atoms with E-state index in [2.05, 4.69) is 10.3 Å². The smallest absolute Gasteiger partial charge is 0.142 e. The molecule has 0 saturated heterocycles. The van der Waals surface area contributed by atoms with E-state index >= 15 is 0 Å². The predicted molar refractivity (Wildman–Crippen MR) is 64.6 cm³/mol. The van der Waals surface area contributed by atoms with Crippen LogP contribution in [-0.4, -0.2) is 36.0 Å². The number of aliphatic hydroxyl groups is 1. The van der Waals surface area contributed by atoms with Crippen LogP contribution in [0.4, 0.5) is 5.69 Å². The molecule has 1 unspecified atom stereocenters. The average molecular weight is 235 g/mol. The summed E-state index contributed by atoms with van der Waals surface area (Å²) in [5.74, 6) is 0. The van der Waals surface area contributed by atoms with Crippen LogP contribution in [0, 0.1) is 11.3 Å². The number of nitrogens with zero attached hydrogens (tertiary/aromatic N) is 2. The highest BCUT2D eigenvalue weighted by atomic mass is 16.5. The third kappa shape index (κ3) is 4.81. The van der Waals surface area contributed by atoms with Gasteiger partial charge in [0.1, 0.15) is 11.8 Å². The van der Waals surface area contributed by atoms with Gasteiger partial charge in [0.05, 0.1) is 5.60 Å². The van der Waals surface area contributed by atoms with Gasteiger partial charge in [0.25, 0.3) is 0 Å². The standard InChI is InChI=1S/C12H17N3O2/c1-12(16,4-6-17-2)9-15-10-3-5-14-11(7-10)8-13/h3,5,7,16H,4,6,9H2,1-2H3,(H,14,15). The molecule has 0 aromatic carbocycles. The summed E-state index contributed by atoms with van der Waals surface area (Å²) in [6, 6.07) is 5.37. The van der Waals surface area contributed by atoms with Gasteiger partial charge in [0.2, 0.25) is 0 Å². The van der Waals surface area contributed by atoms with E-state index in [1.807, 2.05) is 6.07 Å². The molecule has 0 fully saturated rings. The number of anilines is 1. The lowest BCUT2D eigenvalue weighted by atomic mass is 10.0. The van der Waals surface area contributed by atoms with Crippen LogP contribution < -0.4 is 5.32 Å². The molecule has 5 nitrogen and oxygen atoms in total. The van der Waals surface area contributed by atoms with Crippen LogP contribution in [0.25, 0.3) is 0 Å². The third-order valence-corrected chi connectivity index (χ3v) is 2.39. The Bertz CT molecular complexity index is 399. The molecule has 0 aliphatic rings. The van der Waals surface area contributed by atoms with Gasteiger partial charge in [-0.3, -0.25) is 0 Å². The molecule has 0 radical (unpaired) electrons. The van der Waals surface area contributed by atoms with Gasteiger partial charge in [-0.2, -0.15) is 5.26 Å². The maximum absolute atomic E-state index is 10.0. The number of rotatable bonds is 6. The van der Waals surface area contributed by atoms with Crippen molar-refractivity contribution in [2.75, 3.05) is 25.6 Å². The molecule has 1 atom stereocenters. The van der Waals surface area contributed by atoms with Crippen LogP contribution in [0.1, 0.15) is 19.0 Å². The molecule has 0 bridgehead atoms. The molecule has 5 heteroatoms. The normalized spacial score (nSPS) is 13.8. The van der Waals surface area contributed by atoms with Crippen molar-refractivity contribution >= 4 is 5.69 Å². The second kappa shape index (κ2) is 6.18. The van der Waals surface area contributed by atoms with Gasteiger partial charge < -0.3 is 15.2 Å². The van der Waals surface area contributed by atoms with Crippen LogP contribution in [0.15, 0.2) is 18.3 Å². The molecule has 0 amide bonds. The maximum Gasteiger partial charge on any atom is 0.142 e. The van der Waals surface area contributed by atoms with Gasteiger partial charge in [-0.15, -0.1) is 0 Å². The molecule has 1 heterocycles. The van der Waals surface area contributed by atoms with Crippen LogP contribution >= 0.6 is 0 Å². The minimum absolute atomic E-state index is 0.353. The zero-order valence-electron chi connectivity index (χ0n) is 10.1. The van der Waals surface area contributed by atoms with Crippen molar-refractivity contribution in [3.8, 4) is 6.07 Å². The van der Waals surface area contributed by atoms with Crippen molar-refractivity contribution < 1.29 is 9.84 Å². The van der Waals surface area contributed by atoms with E-state index in [4.69, 9.17) is 10.00 Å². The monoisotopic (exact) mass is 235 g/mol. The van der Waals surface area contributed by atoms with Crippen molar-refractivity contribution in [3.63, 3.8) is 0 Å². The average Bonchev–Trinajstić information content (AvgIpc) is 2.34. The second-order valence-electron chi connectivity index (χ2n) is 4.13. The molecular formula is C12H17N3O2. The topological polar surface area (TPSA) is 78.2 Å². The fraction of sp³-hybridized carbons (Fsp3) is 0.500. The first-order chi connectivity index (χ1) is 8.07. The molecule has 0 spiro atoms. The van der Waals surface area contributed by atoms with Crippen molar-refractivity contribution in [3.05, 3.63) is 24.0 Å². The van der Waals surface area contributed by atoms with Gasteiger partial charge in [-0.25, -0.2) is 4.98 Å². The number of nitrogens with one attached hydrogen (secondary N) is 1. The Morgan fingerprint density at radius 2 is 2.41 bits per heavy atom. The SMILES string of the molecule is COCCC(C)(O)CNc1ccnc(C#N)c1. The van der Waals surface area contributed by atoms with E-state index in [0.717, 1.165) is 5.69 Å². The first-order valence-corrected chi connectivity index (χ1v) is 5.39. The van der Waals surface area contributed by atoms with E-state index < -0.39 is 5.60 Å². The van der Waals surface area contributed by atoms with E-state index in [1.54, 1.807) is 32.4 Å². The third-order valence-electron chi connectivity index (χ3n) is 2.39. The molecule has 0 aliphatic heterocycles. The number of aromatic nitrogens is 1. The number of hydrogen-bond acceptors (Lipinski definition) is 5. The summed E-state index contributed by atoms with van der Waals surface area (Å²) in [6.07, 6.45) is 2.11. The van der Waals surface area contributed by atoms with Gasteiger partial charge in [-0.1, -0.05) is 0 Å². The molecule has 2 N–H and O–H groups in total. The van der Waals surface area contributed by atoms with Crippen LogP contribution in [-0.2, 0) is 4.74 Å². The fourth-order valence-electron chi connectivity index (χ4n) is 1.30. The highest BCUT2D eigenvalue weighted by molar-refractivity contribution is 5.46. The van der Waals surface area contributed by atoms with Gasteiger partial charge in [-0.05, 0) is 19.1 Å². The Labute approximate surface area is 101 Å². The Kier molecular flexibility index (Phi) is 4.88. The van der Waals surface area contributed by atoms with E-state index in [-0.39, 0.29) is 0 Å². The van der Waals surface area contributed by atoms with Gasteiger partial charge in [0.15, 0.2) is 0 Å². The van der Waals surface area contributed by atoms with Crippen LogP contribution in [0.5, 0.6) is 0 Å². The predicted octanol–water partition coefficient (Wildman–Crippen LogP) is 1.15. The lowest BCUT2D eigenvalue weighted by Gasteiger charge is -2.23. The summed E-state index contributed by atoms with van der Waals surface area (Å²) in [6.45, 7) is 2.64. The molecule has 17 heavy (non-hydrogen) atoms. The van der Waals surface area contributed by atoms with Gasteiger partial charge >= 0.3 is 0 Å². The summed E-state index contributed by atoms with van der Waals surface area (Å²) in [4.78, 5) is 3.87. The van der Waals surface area contributed by atoms with E-state index in [0.29, 0.717) is 25.3 Å². The highest BCUT2D eigenvalue weighted by Crippen LogP contribution is 2.13. The first-order valence-electron chi connectivity index (χ1n) is 5.39. The van der Waals surface area contributed by atoms with Crippen LogP contribution in [0.2, 0.25) is 0 Å². The molecule has 92 valence electrons. The van der Waals surface area contributed by atoms with E-state index in [1.165, 1.54) is 0 Å². The summed E-state index contributed by atoms with van der Waals surface area (Å²) < 4.78 is 4.93. The summed E-state index contributed by atoms with van der Waals surface area (Å²) in [5, 5.41) is 21.8. The highest BCUT2D eigenvalue weighted by Gasteiger charge is 2.19. The lowest BCUT2D eigenvalue weighted by molar-refractivity contribution is 0.0357. The summed E-state index contributed by atoms with van der Waals surface area (Å²) in [7, 11) is 1.60. The fourth-order valence-corrected chi connectivity index (χ4v) is 1.30. The number of methoxy groups -OCH3 is 1. The summed E-state index contributed by atoms with van der Waals surface area (Å²) in [5.41, 5.74) is 0.285. The zero-order valence-corrected chi connectivity index (χ0v) is 10.1. The minimum atomic E-state index is -0.841. The number of nitriles is 1. The second-order valence-corrected chi connectivity index (χ2v) is 4.13. The van der Waals surface area contributed by atoms with E-state index in [9.17, 15) is 5.11 Å². The van der Waals surface area contributed by atoms with Crippen molar-refractivity contribution in [2.24, 2.45) is 0 Å². The zero-order chi connectivity index (χ0) is 12.7. The Morgan fingerprint density at radius 3 is 3.06 bits per heavy atom. The Balaban J connectivity index is 2.52. The Morgan fingerprint density at radius 1 is 1.65 bits per heavy atom. The number of pyridine rings is 1. The Hall–Kier alpha value is -1.64. The first kappa shape index (κ1) is 13.4. The summed E-state index contributed by atoms with van der Waals surface area (Å²) >= 11 is 0. The number of hydrogen-bond donors (Lipinski definition) is 2. The minimum Gasteiger partial charge on any atom is -0.388 e. The molecule has 1 rings (SSSR count). The van der Waals surface area contributed by atoms with Crippen molar-refractivity contribution in [1.29, 1.82) is 5.26 Å². The lowest BCUT2D eigenvalue weighted by Crippen LogP contribution is -2.34. The number of ether oxygens (including phenoxy) is 1. The molecular weight excluding hydrogens is 218 g/mol. The molecule has 0 aliphatic carbocycles.